The smallest absolute Gasteiger partial charge is 0.433 e. The molecule has 1 rings (SSSR count). The molecule has 0 amide bonds. The van der Waals surface area contributed by atoms with Crippen molar-refractivity contribution in [1.82, 2.24) is 4.98 Å². The number of carboxylic acids is 1. The SMILES string of the molecule is CC(CNc1cc(C(F)(F)F)ncc1[N+](=O)[O-])CC(=O)O. The number of pyridine rings is 1. The van der Waals surface area contributed by atoms with E-state index in [-0.39, 0.29) is 18.7 Å². The summed E-state index contributed by atoms with van der Waals surface area (Å²) in [6.45, 7) is 1.53. The van der Waals surface area contributed by atoms with Crippen molar-refractivity contribution in [2.75, 3.05) is 11.9 Å². The number of anilines is 1. The fourth-order valence-corrected chi connectivity index (χ4v) is 1.54. The first-order chi connectivity index (χ1) is 9.61. The van der Waals surface area contributed by atoms with Gasteiger partial charge in [-0.25, -0.2) is 4.98 Å². The largest absolute Gasteiger partial charge is 0.481 e. The number of nitro groups is 1. The number of rotatable bonds is 6. The predicted molar refractivity (Wildman–Crippen MR) is 65.8 cm³/mol. The van der Waals surface area contributed by atoms with Gasteiger partial charge in [-0.1, -0.05) is 6.92 Å². The van der Waals surface area contributed by atoms with Crippen LogP contribution < -0.4 is 5.32 Å². The van der Waals surface area contributed by atoms with Gasteiger partial charge in [-0.05, 0) is 12.0 Å². The molecular formula is C11H12F3N3O4. The summed E-state index contributed by atoms with van der Waals surface area (Å²) in [5.41, 5.74) is -2.22. The van der Waals surface area contributed by atoms with E-state index >= 15 is 0 Å². The summed E-state index contributed by atoms with van der Waals surface area (Å²) in [4.78, 5) is 23.4. The van der Waals surface area contributed by atoms with Crippen molar-refractivity contribution in [2.24, 2.45) is 5.92 Å². The first-order valence-electron chi connectivity index (χ1n) is 5.78. The van der Waals surface area contributed by atoms with E-state index < -0.39 is 34.4 Å². The fourth-order valence-electron chi connectivity index (χ4n) is 1.54. The van der Waals surface area contributed by atoms with Crippen LogP contribution in [-0.2, 0) is 11.0 Å². The fraction of sp³-hybridized carbons (Fsp3) is 0.455. The Morgan fingerprint density at radius 1 is 1.57 bits per heavy atom. The molecule has 0 radical (unpaired) electrons. The zero-order valence-electron chi connectivity index (χ0n) is 10.8. The number of carbonyl (C=O) groups is 1. The van der Waals surface area contributed by atoms with Gasteiger partial charge in [-0.3, -0.25) is 14.9 Å². The topological polar surface area (TPSA) is 105 Å². The Morgan fingerprint density at radius 2 is 2.19 bits per heavy atom. The third-order valence-electron chi connectivity index (χ3n) is 2.53. The van der Waals surface area contributed by atoms with Gasteiger partial charge in [0.25, 0.3) is 0 Å². The lowest BCUT2D eigenvalue weighted by Crippen LogP contribution is -2.17. The van der Waals surface area contributed by atoms with Crippen LogP contribution in [0.5, 0.6) is 0 Å². The maximum Gasteiger partial charge on any atom is 0.433 e. The van der Waals surface area contributed by atoms with Crippen LogP contribution in [0.25, 0.3) is 0 Å². The van der Waals surface area contributed by atoms with Crippen molar-refractivity contribution >= 4 is 17.3 Å². The van der Waals surface area contributed by atoms with Gasteiger partial charge in [-0.15, -0.1) is 0 Å². The van der Waals surface area contributed by atoms with Gasteiger partial charge < -0.3 is 10.4 Å². The first kappa shape index (κ1) is 16.7. The molecule has 0 aliphatic carbocycles. The molecule has 0 saturated heterocycles. The standard InChI is InChI=1S/C11H12F3N3O4/c1-6(2-10(18)19)4-15-7-3-9(11(12,13)14)16-5-8(7)17(20)21/h3,5-6H,2,4H2,1H3,(H,15,16)(H,18,19). The molecule has 0 bridgehead atoms. The van der Waals surface area contributed by atoms with E-state index in [1.807, 2.05) is 0 Å². The summed E-state index contributed by atoms with van der Waals surface area (Å²) in [5.74, 6) is -1.48. The van der Waals surface area contributed by atoms with E-state index in [2.05, 4.69) is 10.3 Å². The lowest BCUT2D eigenvalue weighted by Gasteiger charge is -2.13. The van der Waals surface area contributed by atoms with E-state index in [4.69, 9.17) is 5.11 Å². The number of hydrogen-bond donors (Lipinski definition) is 2. The lowest BCUT2D eigenvalue weighted by molar-refractivity contribution is -0.384. The van der Waals surface area contributed by atoms with Crippen molar-refractivity contribution in [3.05, 3.63) is 28.1 Å². The molecule has 0 aliphatic rings. The number of nitrogens with one attached hydrogen (secondary N) is 1. The molecule has 1 aromatic rings. The predicted octanol–water partition coefficient (Wildman–Crippen LogP) is 2.53. The normalized spacial score (nSPS) is 12.8. The van der Waals surface area contributed by atoms with E-state index in [1.54, 1.807) is 6.92 Å². The summed E-state index contributed by atoms with van der Waals surface area (Å²) in [6.07, 6.45) is -4.41. The van der Waals surface area contributed by atoms with Gasteiger partial charge >= 0.3 is 17.8 Å². The summed E-state index contributed by atoms with van der Waals surface area (Å²) in [7, 11) is 0. The molecule has 0 fully saturated rings. The number of aromatic nitrogens is 1. The molecule has 0 saturated carbocycles. The molecule has 7 nitrogen and oxygen atoms in total. The van der Waals surface area contributed by atoms with Crippen LogP contribution in [-0.4, -0.2) is 27.5 Å². The highest BCUT2D eigenvalue weighted by atomic mass is 19.4. The van der Waals surface area contributed by atoms with Gasteiger partial charge in [0.05, 0.1) is 4.92 Å². The van der Waals surface area contributed by atoms with E-state index in [1.165, 1.54) is 0 Å². The molecule has 1 aromatic heterocycles. The Morgan fingerprint density at radius 3 is 2.67 bits per heavy atom. The number of carboxylic acid groups (broad SMARTS) is 1. The highest BCUT2D eigenvalue weighted by molar-refractivity contribution is 5.67. The van der Waals surface area contributed by atoms with Crippen LogP contribution in [0.1, 0.15) is 19.0 Å². The number of hydrogen-bond acceptors (Lipinski definition) is 5. The van der Waals surface area contributed by atoms with Crippen LogP contribution in [0.4, 0.5) is 24.5 Å². The van der Waals surface area contributed by atoms with E-state index in [0.717, 1.165) is 0 Å². The van der Waals surface area contributed by atoms with Crippen molar-refractivity contribution in [3.63, 3.8) is 0 Å². The summed E-state index contributed by atoms with van der Waals surface area (Å²) in [5, 5.41) is 21.8. The highest BCUT2D eigenvalue weighted by Gasteiger charge is 2.34. The third-order valence-corrected chi connectivity index (χ3v) is 2.53. The quantitative estimate of drug-likeness (QED) is 0.618. The summed E-state index contributed by atoms with van der Waals surface area (Å²) >= 11 is 0. The Kier molecular flexibility index (Phi) is 5.06. The number of halogens is 3. The average molecular weight is 307 g/mol. The van der Waals surface area contributed by atoms with Crippen molar-refractivity contribution < 1.29 is 28.0 Å². The zero-order valence-corrected chi connectivity index (χ0v) is 10.8. The number of aliphatic carboxylic acids is 1. The Balaban J connectivity index is 2.96. The van der Waals surface area contributed by atoms with Crippen molar-refractivity contribution in [3.8, 4) is 0 Å². The maximum atomic E-state index is 12.5. The Bertz CT molecular complexity index is 548. The van der Waals surface area contributed by atoms with Crippen LogP contribution >= 0.6 is 0 Å². The molecule has 0 aliphatic heterocycles. The number of nitrogens with zero attached hydrogens (tertiary/aromatic N) is 2. The number of alkyl halides is 3. The molecule has 10 heteroatoms. The summed E-state index contributed by atoms with van der Waals surface area (Å²) in [6, 6.07) is 0.533. The second kappa shape index (κ2) is 6.37. The molecule has 2 N–H and O–H groups in total. The minimum absolute atomic E-state index is 0.0194. The van der Waals surface area contributed by atoms with Gasteiger partial charge in [0, 0.05) is 13.0 Å². The molecule has 0 spiro atoms. The Labute approximate surface area is 116 Å². The van der Waals surface area contributed by atoms with Crippen molar-refractivity contribution in [2.45, 2.75) is 19.5 Å². The van der Waals surface area contributed by atoms with Gasteiger partial charge in [0.15, 0.2) is 0 Å². The second-order valence-electron chi connectivity index (χ2n) is 4.43. The van der Waals surface area contributed by atoms with Crippen LogP contribution in [0, 0.1) is 16.0 Å². The van der Waals surface area contributed by atoms with E-state index in [9.17, 15) is 28.1 Å². The lowest BCUT2D eigenvalue weighted by atomic mass is 10.1. The highest BCUT2D eigenvalue weighted by Crippen LogP contribution is 2.32. The average Bonchev–Trinajstić information content (AvgIpc) is 2.33. The molecular weight excluding hydrogens is 295 g/mol. The molecule has 116 valence electrons. The minimum Gasteiger partial charge on any atom is -0.481 e. The van der Waals surface area contributed by atoms with Crippen molar-refractivity contribution in [1.29, 1.82) is 0 Å². The van der Waals surface area contributed by atoms with Gasteiger partial charge in [0.1, 0.15) is 17.6 Å². The van der Waals surface area contributed by atoms with E-state index in [0.29, 0.717) is 12.3 Å². The van der Waals surface area contributed by atoms with Gasteiger partial charge in [-0.2, -0.15) is 13.2 Å². The molecule has 0 aromatic carbocycles. The van der Waals surface area contributed by atoms with Crippen LogP contribution in [0.3, 0.4) is 0 Å². The van der Waals surface area contributed by atoms with Crippen LogP contribution in [0.2, 0.25) is 0 Å². The van der Waals surface area contributed by atoms with Gasteiger partial charge in [0.2, 0.25) is 0 Å². The monoisotopic (exact) mass is 307 g/mol. The first-order valence-corrected chi connectivity index (χ1v) is 5.78. The summed E-state index contributed by atoms with van der Waals surface area (Å²) < 4.78 is 37.6. The molecule has 1 unspecified atom stereocenters. The maximum absolute atomic E-state index is 12.5. The second-order valence-corrected chi connectivity index (χ2v) is 4.43. The van der Waals surface area contributed by atoms with Crippen LogP contribution in [0.15, 0.2) is 12.3 Å². The molecule has 1 atom stereocenters. The molecule has 21 heavy (non-hydrogen) atoms. The Hall–Kier alpha value is -2.39. The minimum atomic E-state index is -4.72. The zero-order chi connectivity index (χ0) is 16.2. The molecule has 1 heterocycles. The third kappa shape index (κ3) is 4.89.